The average molecular weight is 253 g/mol. The normalized spacial score (nSPS) is 10.5. The highest BCUT2D eigenvalue weighted by Crippen LogP contribution is 2.33. The fourth-order valence-corrected chi connectivity index (χ4v) is 1.26. The molecule has 0 saturated heterocycles. The van der Waals surface area contributed by atoms with Crippen molar-refractivity contribution in [3.63, 3.8) is 0 Å². The van der Waals surface area contributed by atoms with Gasteiger partial charge >= 0.3 is 11.7 Å². The first kappa shape index (κ1) is 12.2. The molecule has 0 fully saturated rings. The molecular weight excluding hydrogens is 250 g/mol. The van der Waals surface area contributed by atoms with E-state index in [1.54, 1.807) is 0 Å². The van der Waals surface area contributed by atoms with Gasteiger partial charge in [0.25, 0.3) is 6.43 Å². The predicted octanol–water partition coefficient (Wildman–Crippen LogP) is 2.28. The predicted molar refractivity (Wildman–Crippen MR) is 47.8 cm³/mol. The molecule has 0 aliphatic rings. The van der Waals surface area contributed by atoms with E-state index in [9.17, 15) is 23.7 Å². The maximum absolute atomic E-state index is 12.4. The largest absolute Gasteiger partial charge is 0.477 e. The van der Waals surface area contributed by atoms with E-state index in [0.29, 0.717) is 6.20 Å². The summed E-state index contributed by atoms with van der Waals surface area (Å²) in [6, 6.07) is 0. The van der Waals surface area contributed by atoms with Gasteiger partial charge in [-0.2, -0.15) is 0 Å². The summed E-state index contributed by atoms with van der Waals surface area (Å²) in [5, 5.41) is 18.6. The lowest BCUT2D eigenvalue weighted by atomic mass is 10.2. The minimum atomic E-state index is -3.25. The number of pyridine rings is 1. The molecule has 9 heteroatoms. The summed E-state index contributed by atoms with van der Waals surface area (Å²) in [5.41, 5.74) is -3.49. The van der Waals surface area contributed by atoms with E-state index in [4.69, 9.17) is 16.7 Å². The first-order valence-electron chi connectivity index (χ1n) is 3.70. The Kier molecular flexibility index (Phi) is 3.33. The van der Waals surface area contributed by atoms with E-state index in [-0.39, 0.29) is 0 Å². The quantitative estimate of drug-likeness (QED) is 0.658. The van der Waals surface area contributed by atoms with Crippen LogP contribution < -0.4 is 0 Å². The average Bonchev–Trinajstić information content (AvgIpc) is 2.15. The molecule has 0 bridgehead atoms. The van der Waals surface area contributed by atoms with Crippen molar-refractivity contribution in [2.75, 3.05) is 0 Å². The summed E-state index contributed by atoms with van der Waals surface area (Å²) in [6.07, 6.45) is -2.62. The van der Waals surface area contributed by atoms with Crippen LogP contribution in [0.3, 0.4) is 0 Å². The number of carboxylic acids is 1. The molecule has 1 aromatic heterocycles. The van der Waals surface area contributed by atoms with Gasteiger partial charge in [0.1, 0.15) is 0 Å². The van der Waals surface area contributed by atoms with Gasteiger partial charge in [-0.05, 0) is 0 Å². The van der Waals surface area contributed by atoms with Gasteiger partial charge < -0.3 is 5.11 Å². The Hall–Kier alpha value is -1.83. The van der Waals surface area contributed by atoms with E-state index in [1.807, 2.05) is 0 Å². The van der Waals surface area contributed by atoms with Gasteiger partial charge in [-0.25, -0.2) is 18.6 Å². The van der Waals surface area contributed by atoms with Crippen molar-refractivity contribution in [3.05, 3.63) is 32.6 Å². The summed E-state index contributed by atoms with van der Waals surface area (Å²) in [4.78, 5) is 23.0. The van der Waals surface area contributed by atoms with Crippen molar-refractivity contribution in [2.45, 2.75) is 6.43 Å². The van der Waals surface area contributed by atoms with Gasteiger partial charge in [0.15, 0.2) is 11.3 Å². The van der Waals surface area contributed by atoms with E-state index in [2.05, 4.69) is 4.98 Å². The van der Waals surface area contributed by atoms with Crippen LogP contribution in [0.5, 0.6) is 0 Å². The molecular formula is C7H3ClF2N2O4. The van der Waals surface area contributed by atoms with Gasteiger partial charge in [-0.3, -0.25) is 10.1 Å². The summed E-state index contributed by atoms with van der Waals surface area (Å²) >= 11 is 5.35. The zero-order chi connectivity index (χ0) is 12.5. The molecule has 0 atom stereocenters. The second-order valence-corrected chi connectivity index (χ2v) is 2.99. The SMILES string of the molecule is O=C(O)c1c(Cl)cnc(C(F)F)c1[N+](=O)[O-]. The molecule has 0 amide bonds. The number of aromatic carboxylic acids is 1. The van der Waals surface area contributed by atoms with E-state index in [0.717, 1.165) is 0 Å². The van der Waals surface area contributed by atoms with Gasteiger partial charge in [-0.15, -0.1) is 0 Å². The Morgan fingerprint density at radius 3 is 2.56 bits per heavy atom. The topological polar surface area (TPSA) is 93.3 Å². The molecule has 0 spiro atoms. The molecule has 0 aliphatic heterocycles. The number of halogens is 3. The lowest BCUT2D eigenvalue weighted by Crippen LogP contribution is -2.08. The van der Waals surface area contributed by atoms with Crippen molar-refractivity contribution in [2.24, 2.45) is 0 Å². The number of nitrogens with zero attached hydrogens (tertiary/aromatic N) is 2. The van der Waals surface area contributed by atoms with Gasteiger partial charge in [0.2, 0.25) is 0 Å². The summed E-state index contributed by atoms with van der Waals surface area (Å²) in [5.74, 6) is -1.76. The lowest BCUT2D eigenvalue weighted by Gasteiger charge is -2.04. The van der Waals surface area contributed by atoms with Crippen molar-refractivity contribution in [3.8, 4) is 0 Å². The number of alkyl halides is 2. The maximum atomic E-state index is 12.4. The van der Waals surface area contributed by atoms with Gasteiger partial charge in [-0.1, -0.05) is 11.6 Å². The van der Waals surface area contributed by atoms with Crippen LogP contribution in [-0.4, -0.2) is 21.0 Å². The second kappa shape index (κ2) is 4.35. The number of carboxylic acid groups (broad SMARTS) is 1. The molecule has 1 heterocycles. The number of rotatable bonds is 3. The third-order valence-corrected chi connectivity index (χ3v) is 1.92. The van der Waals surface area contributed by atoms with Crippen LogP contribution in [0.4, 0.5) is 14.5 Å². The number of carbonyl (C=O) groups is 1. The minimum Gasteiger partial charge on any atom is -0.477 e. The highest BCUT2D eigenvalue weighted by Gasteiger charge is 2.32. The van der Waals surface area contributed by atoms with Crippen LogP contribution in [0.15, 0.2) is 6.20 Å². The Labute approximate surface area is 91.6 Å². The fraction of sp³-hybridized carbons (Fsp3) is 0.143. The van der Waals surface area contributed by atoms with Crippen LogP contribution in [0.1, 0.15) is 22.5 Å². The smallest absolute Gasteiger partial charge is 0.344 e. The zero-order valence-corrected chi connectivity index (χ0v) is 8.11. The first-order valence-corrected chi connectivity index (χ1v) is 4.08. The fourth-order valence-electron chi connectivity index (χ4n) is 1.04. The maximum Gasteiger partial charge on any atom is 0.344 e. The van der Waals surface area contributed by atoms with Crippen LogP contribution >= 0.6 is 11.6 Å². The Morgan fingerprint density at radius 2 is 2.19 bits per heavy atom. The van der Waals surface area contributed by atoms with E-state index < -0.39 is 39.3 Å². The number of hydrogen-bond donors (Lipinski definition) is 1. The highest BCUT2D eigenvalue weighted by atomic mass is 35.5. The van der Waals surface area contributed by atoms with E-state index in [1.165, 1.54) is 0 Å². The molecule has 1 aromatic rings. The standard InChI is InChI=1S/C7H3ClF2N2O4/c8-2-1-11-4(6(9)10)5(12(15)16)3(2)7(13)14/h1,6H,(H,13,14). The van der Waals surface area contributed by atoms with Crippen LogP contribution in [0, 0.1) is 10.1 Å². The molecule has 16 heavy (non-hydrogen) atoms. The Balaban J connectivity index is 3.63. The monoisotopic (exact) mass is 252 g/mol. The third-order valence-electron chi connectivity index (χ3n) is 1.64. The second-order valence-electron chi connectivity index (χ2n) is 2.58. The molecule has 0 aromatic carbocycles. The minimum absolute atomic E-state index is 0.566. The van der Waals surface area contributed by atoms with Crippen molar-refractivity contribution >= 4 is 23.3 Å². The van der Waals surface area contributed by atoms with Crippen molar-refractivity contribution in [1.29, 1.82) is 0 Å². The Bertz CT molecular complexity index is 466. The summed E-state index contributed by atoms with van der Waals surface area (Å²) < 4.78 is 24.7. The van der Waals surface area contributed by atoms with Crippen molar-refractivity contribution in [1.82, 2.24) is 4.98 Å². The molecule has 86 valence electrons. The Morgan fingerprint density at radius 1 is 1.62 bits per heavy atom. The van der Waals surface area contributed by atoms with Gasteiger partial charge in [0.05, 0.1) is 9.95 Å². The molecule has 1 rings (SSSR count). The van der Waals surface area contributed by atoms with Gasteiger partial charge in [0, 0.05) is 6.20 Å². The molecule has 0 radical (unpaired) electrons. The number of aromatic nitrogens is 1. The number of hydrogen-bond acceptors (Lipinski definition) is 4. The first-order chi connectivity index (χ1) is 7.36. The zero-order valence-electron chi connectivity index (χ0n) is 7.35. The molecule has 1 N–H and O–H groups in total. The molecule has 0 saturated carbocycles. The summed E-state index contributed by atoms with van der Waals surface area (Å²) in [6.45, 7) is 0. The highest BCUT2D eigenvalue weighted by molar-refractivity contribution is 6.34. The molecule has 0 unspecified atom stereocenters. The van der Waals surface area contributed by atoms with Crippen LogP contribution in [0.2, 0.25) is 5.02 Å². The van der Waals surface area contributed by atoms with Crippen molar-refractivity contribution < 1.29 is 23.6 Å². The number of nitro groups is 1. The molecule has 0 aliphatic carbocycles. The third kappa shape index (κ3) is 2.06. The van der Waals surface area contributed by atoms with Crippen LogP contribution in [-0.2, 0) is 0 Å². The van der Waals surface area contributed by atoms with Crippen LogP contribution in [0.25, 0.3) is 0 Å². The molecule has 6 nitrogen and oxygen atoms in total. The van der Waals surface area contributed by atoms with E-state index >= 15 is 0 Å². The summed E-state index contributed by atoms with van der Waals surface area (Å²) in [7, 11) is 0. The lowest BCUT2D eigenvalue weighted by molar-refractivity contribution is -0.386.